The first-order valence-corrected chi connectivity index (χ1v) is 8.94. The molecule has 0 atom stereocenters. The highest BCUT2D eigenvalue weighted by Gasteiger charge is 2.21. The number of amides is 3. The Hall–Kier alpha value is -3.68. The molecule has 8 heteroatoms. The summed E-state index contributed by atoms with van der Waals surface area (Å²) in [6.07, 6.45) is 2.48. The van der Waals surface area contributed by atoms with Gasteiger partial charge in [-0.15, -0.1) is 0 Å². The summed E-state index contributed by atoms with van der Waals surface area (Å²) in [7, 11) is 0. The third kappa shape index (κ3) is 4.17. The highest BCUT2D eigenvalue weighted by atomic mass is 16.2. The Balaban J connectivity index is 1.90. The second-order valence-corrected chi connectivity index (χ2v) is 6.21. The van der Waals surface area contributed by atoms with Gasteiger partial charge in [0.15, 0.2) is 5.69 Å². The summed E-state index contributed by atoms with van der Waals surface area (Å²) in [6.45, 7) is 3.90. The van der Waals surface area contributed by atoms with Crippen molar-refractivity contribution >= 4 is 34.6 Å². The van der Waals surface area contributed by atoms with Crippen LogP contribution in [-0.2, 0) is 4.79 Å². The molecule has 0 bridgehead atoms. The lowest BCUT2D eigenvalue weighted by molar-refractivity contribution is -0.114. The zero-order valence-corrected chi connectivity index (χ0v) is 15.7. The summed E-state index contributed by atoms with van der Waals surface area (Å²) >= 11 is 0. The third-order valence-electron chi connectivity index (χ3n) is 3.94. The first-order chi connectivity index (χ1) is 13.5. The Morgan fingerprint density at radius 3 is 2.46 bits per heavy atom. The Labute approximate surface area is 162 Å². The minimum absolute atomic E-state index is 0.0992. The molecule has 0 unspecified atom stereocenters. The SMILES string of the molecule is CCCNC(=O)c1nc(C(=O)Nc2cccc(NC(C)=O)c2)n2ccccc12. The number of aromatic nitrogens is 2. The molecule has 8 nitrogen and oxygen atoms in total. The van der Waals surface area contributed by atoms with Crippen LogP contribution in [0.1, 0.15) is 41.4 Å². The van der Waals surface area contributed by atoms with E-state index in [2.05, 4.69) is 20.9 Å². The number of imidazole rings is 1. The second kappa shape index (κ2) is 8.34. The van der Waals surface area contributed by atoms with Crippen molar-refractivity contribution in [3.8, 4) is 0 Å². The van der Waals surface area contributed by atoms with Crippen molar-refractivity contribution in [3.63, 3.8) is 0 Å². The van der Waals surface area contributed by atoms with E-state index in [1.54, 1.807) is 53.1 Å². The monoisotopic (exact) mass is 379 g/mol. The zero-order chi connectivity index (χ0) is 20.1. The topological polar surface area (TPSA) is 105 Å². The summed E-state index contributed by atoms with van der Waals surface area (Å²) in [5.74, 6) is -0.888. The number of hydrogen-bond donors (Lipinski definition) is 3. The molecule has 0 fully saturated rings. The van der Waals surface area contributed by atoms with Crippen LogP contribution in [0.4, 0.5) is 11.4 Å². The summed E-state index contributed by atoms with van der Waals surface area (Å²) in [4.78, 5) is 40.7. The number of nitrogens with zero attached hydrogens (tertiary/aromatic N) is 2. The Kier molecular flexibility index (Phi) is 5.69. The van der Waals surface area contributed by atoms with Crippen LogP contribution < -0.4 is 16.0 Å². The van der Waals surface area contributed by atoms with E-state index in [-0.39, 0.29) is 23.3 Å². The van der Waals surface area contributed by atoms with E-state index in [0.717, 1.165) is 6.42 Å². The molecular formula is C20H21N5O3. The maximum atomic E-state index is 12.8. The summed E-state index contributed by atoms with van der Waals surface area (Å²) in [5, 5.41) is 8.20. The predicted octanol–water partition coefficient (Wildman–Crippen LogP) is 2.68. The van der Waals surface area contributed by atoms with E-state index in [1.165, 1.54) is 6.92 Å². The van der Waals surface area contributed by atoms with Crippen molar-refractivity contribution < 1.29 is 14.4 Å². The number of anilines is 2. The molecule has 0 spiro atoms. The lowest BCUT2D eigenvalue weighted by Gasteiger charge is -2.07. The molecular weight excluding hydrogens is 358 g/mol. The Bertz CT molecular complexity index is 1040. The number of pyridine rings is 1. The summed E-state index contributed by atoms with van der Waals surface area (Å²) in [6, 6.07) is 12.1. The van der Waals surface area contributed by atoms with Crippen LogP contribution in [0, 0.1) is 0 Å². The molecule has 144 valence electrons. The van der Waals surface area contributed by atoms with Crippen molar-refractivity contribution in [3.05, 3.63) is 60.2 Å². The molecule has 3 amide bonds. The second-order valence-electron chi connectivity index (χ2n) is 6.21. The first-order valence-electron chi connectivity index (χ1n) is 8.94. The molecule has 0 aliphatic carbocycles. The maximum absolute atomic E-state index is 12.8. The van der Waals surface area contributed by atoms with E-state index in [1.807, 2.05) is 6.92 Å². The molecule has 0 saturated carbocycles. The Morgan fingerprint density at radius 2 is 1.75 bits per heavy atom. The van der Waals surface area contributed by atoms with Gasteiger partial charge in [-0.1, -0.05) is 19.1 Å². The summed E-state index contributed by atoms with van der Waals surface area (Å²) < 4.78 is 1.58. The van der Waals surface area contributed by atoms with E-state index >= 15 is 0 Å². The van der Waals surface area contributed by atoms with Crippen LogP contribution in [0.2, 0.25) is 0 Å². The third-order valence-corrected chi connectivity index (χ3v) is 3.94. The van der Waals surface area contributed by atoms with Crippen LogP contribution in [0.3, 0.4) is 0 Å². The van der Waals surface area contributed by atoms with Crippen molar-refractivity contribution in [2.75, 3.05) is 17.2 Å². The lowest BCUT2D eigenvalue weighted by atomic mass is 10.2. The van der Waals surface area contributed by atoms with E-state index < -0.39 is 5.91 Å². The summed E-state index contributed by atoms with van der Waals surface area (Å²) in [5.41, 5.74) is 1.82. The number of rotatable bonds is 6. The smallest absolute Gasteiger partial charge is 0.292 e. The minimum Gasteiger partial charge on any atom is -0.351 e. The van der Waals surface area contributed by atoms with Crippen LogP contribution in [-0.4, -0.2) is 33.7 Å². The quantitative estimate of drug-likeness (QED) is 0.612. The molecule has 2 aromatic heterocycles. The van der Waals surface area contributed by atoms with Gasteiger partial charge in [-0.05, 0) is 36.8 Å². The van der Waals surface area contributed by atoms with Crippen molar-refractivity contribution in [1.29, 1.82) is 0 Å². The van der Waals surface area contributed by atoms with Gasteiger partial charge in [0.2, 0.25) is 11.7 Å². The van der Waals surface area contributed by atoms with Gasteiger partial charge in [-0.25, -0.2) is 4.98 Å². The fraction of sp³-hybridized carbons (Fsp3) is 0.200. The van der Waals surface area contributed by atoms with Crippen LogP contribution in [0.5, 0.6) is 0 Å². The number of fused-ring (bicyclic) bond motifs is 1. The molecule has 1 aromatic carbocycles. The number of hydrogen-bond acceptors (Lipinski definition) is 4. The first kappa shape index (κ1) is 19.1. The Morgan fingerprint density at radius 1 is 1.00 bits per heavy atom. The van der Waals surface area contributed by atoms with Gasteiger partial charge in [0, 0.05) is 31.0 Å². The molecule has 3 N–H and O–H groups in total. The molecule has 28 heavy (non-hydrogen) atoms. The average molecular weight is 379 g/mol. The lowest BCUT2D eigenvalue weighted by Crippen LogP contribution is -2.24. The van der Waals surface area contributed by atoms with Crippen LogP contribution in [0.15, 0.2) is 48.7 Å². The molecule has 3 rings (SSSR count). The zero-order valence-electron chi connectivity index (χ0n) is 15.7. The molecule has 2 heterocycles. The number of benzene rings is 1. The predicted molar refractivity (Wildman–Crippen MR) is 107 cm³/mol. The fourth-order valence-corrected chi connectivity index (χ4v) is 2.75. The standard InChI is InChI=1S/C20H21N5O3/c1-3-10-21-19(27)17-16-9-4-5-11-25(16)18(24-17)20(28)23-15-8-6-7-14(12-15)22-13(2)26/h4-9,11-12H,3,10H2,1-2H3,(H,21,27)(H,22,26)(H,23,28). The normalized spacial score (nSPS) is 10.5. The largest absolute Gasteiger partial charge is 0.351 e. The van der Waals surface area contributed by atoms with Gasteiger partial charge in [0.1, 0.15) is 0 Å². The highest BCUT2D eigenvalue weighted by Crippen LogP contribution is 2.18. The molecule has 0 saturated heterocycles. The fourth-order valence-electron chi connectivity index (χ4n) is 2.75. The van der Waals surface area contributed by atoms with E-state index in [9.17, 15) is 14.4 Å². The number of carbonyl (C=O) groups is 3. The minimum atomic E-state index is -0.462. The van der Waals surface area contributed by atoms with E-state index in [4.69, 9.17) is 0 Å². The van der Waals surface area contributed by atoms with Crippen molar-refractivity contribution in [2.45, 2.75) is 20.3 Å². The van der Waals surface area contributed by atoms with Gasteiger partial charge in [-0.2, -0.15) is 0 Å². The van der Waals surface area contributed by atoms with Gasteiger partial charge in [0.25, 0.3) is 11.8 Å². The van der Waals surface area contributed by atoms with Crippen molar-refractivity contribution in [1.82, 2.24) is 14.7 Å². The van der Waals surface area contributed by atoms with Crippen molar-refractivity contribution in [2.24, 2.45) is 0 Å². The molecule has 3 aromatic rings. The molecule has 0 aliphatic rings. The van der Waals surface area contributed by atoms with Gasteiger partial charge >= 0.3 is 0 Å². The maximum Gasteiger partial charge on any atom is 0.292 e. The van der Waals surface area contributed by atoms with Gasteiger partial charge < -0.3 is 16.0 Å². The van der Waals surface area contributed by atoms with Crippen LogP contribution >= 0.6 is 0 Å². The van der Waals surface area contributed by atoms with Crippen LogP contribution in [0.25, 0.3) is 5.52 Å². The van der Waals surface area contributed by atoms with Gasteiger partial charge in [0.05, 0.1) is 5.52 Å². The molecule has 0 aliphatic heterocycles. The number of nitrogens with one attached hydrogen (secondary N) is 3. The number of carbonyl (C=O) groups excluding carboxylic acids is 3. The van der Waals surface area contributed by atoms with E-state index in [0.29, 0.717) is 23.4 Å². The molecule has 0 radical (unpaired) electrons. The van der Waals surface area contributed by atoms with Gasteiger partial charge in [-0.3, -0.25) is 18.8 Å². The highest BCUT2D eigenvalue weighted by molar-refractivity contribution is 6.06. The average Bonchev–Trinajstić information content (AvgIpc) is 3.06.